The fourth-order valence-corrected chi connectivity index (χ4v) is 8.46. The molecule has 336 valence electrons. The zero-order valence-corrected chi connectivity index (χ0v) is 35.0. The average Bonchev–Trinajstić information content (AvgIpc) is 3.89. The molecule has 2 aliphatic rings. The number of carbonyl (C=O) groups is 6. The number of aliphatic hydroxyl groups excluding tert-OH is 1. The summed E-state index contributed by atoms with van der Waals surface area (Å²) in [4.78, 5) is 82.9. The number of carboxylic acids is 2. The molecule has 2 aliphatic heterocycles. The Morgan fingerprint density at radius 2 is 1.81 bits per heavy atom. The maximum absolute atomic E-state index is 15.3. The monoisotopic (exact) mass is 889 g/mol. The van der Waals surface area contributed by atoms with Crippen LogP contribution in [0.25, 0.3) is 11.3 Å². The van der Waals surface area contributed by atoms with E-state index >= 15 is 8.78 Å². The molecule has 21 heteroatoms. The van der Waals surface area contributed by atoms with E-state index in [1.54, 1.807) is 30.5 Å². The van der Waals surface area contributed by atoms with Crippen LogP contribution in [-0.2, 0) is 35.3 Å². The molecule has 2 aromatic carbocycles. The number of ether oxygens (including phenoxy) is 1. The number of nitrogens with one attached hydrogen (secondary N) is 2. The smallest absolute Gasteiger partial charge is 0.407 e. The largest absolute Gasteiger partial charge is 0.480 e. The standard InChI is InChI=1S/C41H50F3N7O10S/c1-22(52)36(54)51(18-24-15-46-16-28(24)44)34(35-47-30(26-13-25(42)9-10-27(26)43)19-49(35)17-23-7-5-4-6-8-23)41(2,3)11-12-61-40(60)48-31(39(58)59)20-50-33(53)14-32(37(50)55)62-21-29(45)38(56)57/h4-10,13,19,22,24,28-29,31-32,34,46,52H,11-12,14-18,20-21,45H2,1-3H3,(H,48,60)(H,56,57)(H,58,59)/t22-,24-,28-,29+,31-,32?,34-/m0/s1. The number of imidazole rings is 1. The summed E-state index contributed by atoms with van der Waals surface area (Å²) in [6, 6.07) is 7.70. The Kier molecular flexibility index (Phi) is 15.8. The van der Waals surface area contributed by atoms with Crippen molar-refractivity contribution >= 4 is 47.5 Å². The van der Waals surface area contributed by atoms with E-state index < -0.39 is 108 Å². The van der Waals surface area contributed by atoms with Crippen molar-refractivity contribution in [2.45, 2.75) is 75.8 Å². The molecule has 5 rings (SSSR count). The van der Waals surface area contributed by atoms with E-state index in [1.807, 2.05) is 18.2 Å². The van der Waals surface area contributed by atoms with Crippen molar-refractivity contribution in [3.63, 3.8) is 0 Å². The molecule has 0 radical (unpaired) electrons. The van der Waals surface area contributed by atoms with Crippen molar-refractivity contribution in [2.75, 3.05) is 38.5 Å². The molecule has 7 atom stereocenters. The third-order valence-electron chi connectivity index (χ3n) is 10.8. The lowest BCUT2D eigenvalue weighted by Gasteiger charge is -2.43. The number of carboxylic acid groups (broad SMARTS) is 2. The summed E-state index contributed by atoms with van der Waals surface area (Å²) >= 11 is 0.840. The zero-order chi connectivity index (χ0) is 45.5. The Labute approximate surface area is 359 Å². The number of hydrogen-bond donors (Lipinski definition) is 6. The number of nitrogens with two attached hydrogens (primary N) is 1. The minimum atomic E-state index is -1.80. The maximum atomic E-state index is 15.3. The summed E-state index contributed by atoms with van der Waals surface area (Å²) in [5.74, 6) is -7.43. The summed E-state index contributed by atoms with van der Waals surface area (Å²) in [6.45, 7) is 3.66. The van der Waals surface area contributed by atoms with Gasteiger partial charge in [0.2, 0.25) is 11.8 Å². The molecule has 3 heterocycles. The Balaban J connectivity index is 1.43. The number of likely N-dealkylation sites (tertiary alicyclic amines) is 1. The number of aromatic nitrogens is 2. The maximum Gasteiger partial charge on any atom is 0.407 e. The van der Waals surface area contributed by atoms with Crippen LogP contribution in [0, 0.1) is 23.0 Å². The second kappa shape index (κ2) is 20.6. The number of aliphatic hydroxyl groups is 1. The summed E-state index contributed by atoms with van der Waals surface area (Å²) in [7, 11) is 0. The third-order valence-corrected chi connectivity index (χ3v) is 12.1. The quantitative estimate of drug-likeness (QED) is 0.0894. The Morgan fingerprint density at radius 1 is 1.10 bits per heavy atom. The van der Waals surface area contributed by atoms with Crippen molar-refractivity contribution in [2.24, 2.45) is 17.1 Å². The first-order valence-electron chi connectivity index (χ1n) is 19.8. The van der Waals surface area contributed by atoms with Crippen LogP contribution >= 0.6 is 11.8 Å². The molecule has 1 aromatic heterocycles. The van der Waals surface area contributed by atoms with E-state index in [1.165, 1.54) is 18.0 Å². The van der Waals surface area contributed by atoms with Crippen molar-refractivity contribution in [1.29, 1.82) is 0 Å². The number of alkyl halides is 1. The van der Waals surface area contributed by atoms with Crippen LogP contribution in [0.4, 0.5) is 18.0 Å². The number of halogens is 3. The molecule has 1 unspecified atom stereocenters. The second-order valence-electron chi connectivity index (χ2n) is 15.9. The van der Waals surface area contributed by atoms with Crippen molar-refractivity contribution in [1.82, 2.24) is 30.0 Å². The molecule has 4 amide bonds. The van der Waals surface area contributed by atoms with Crippen LogP contribution in [0.5, 0.6) is 0 Å². The third kappa shape index (κ3) is 11.7. The first-order chi connectivity index (χ1) is 29.3. The van der Waals surface area contributed by atoms with Crippen molar-refractivity contribution in [3.8, 4) is 11.3 Å². The second-order valence-corrected chi connectivity index (χ2v) is 17.2. The molecule has 0 bridgehead atoms. The molecule has 0 spiro atoms. The van der Waals surface area contributed by atoms with Gasteiger partial charge in [-0.2, -0.15) is 0 Å². The van der Waals surface area contributed by atoms with E-state index in [4.69, 9.17) is 20.6 Å². The van der Waals surface area contributed by atoms with Crippen LogP contribution in [0.15, 0.2) is 54.7 Å². The number of alkyl carbamates (subject to hydrolysis) is 1. The number of benzene rings is 2. The lowest BCUT2D eigenvalue weighted by Crippen LogP contribution is -2.51. The fourth-order valence-electron chi connectivity index (χ4n) is 7.35. The van der Waals surface area contributed by atoms with Crippen LogP contribution in [-0.4, -0.2) is 139 Å². The van der Waals surface area contributed by atoms with Crippen molar-refractivity contribution < 1.29 is 62.0 Å². The molecule has 7 N–H and O–H groups in total. The van der Waals surface area contributed by atoms with E-state index in [0.717, 1.165) is 35.5 Å². The summed E-state index contributed by atoms with van der Waals surface area (Å²) < 4.78 is 52.1. The highest BCUT2D eigenvalue weighted by atomic mass is 32.2. The molecule has 0 aliphatic carbocycles. The normalized spacial score (nSPS) is 19.8. The Bertz CT molecular complexity index is 2130. The first-order valence-corrected chi connectivity index (χ1v) is 20.8. The predicted octanol–water partition coefficient (Wildman–Crippen LogP) is 2.55. The predicted molar refractivity (Wildman–Crippen MR) is 218 cm³/mol. The Morgan fingerprint density at radius 3 is 2.44 bits per heavy atom. The summed E-state index contributed by atoms with van der Waals surface area (Å²) in [6.07, 6.45) is -3.06. The number of nitrogens with zero attached hydrogens (tertiary/aromatic N) is 4. The number of rotatable bonds is 20. The highest BCUT2D eigenvalue weighted by molar-refractivity contribution is 8.00. The van der Waals surface area contributed by atoms with Gasteiger partial charge in [0.1, 0.15) is 41.8 Å². The molecular formula is C41H50F3N7O10S. The molecule has 0 saturated carbocycles. The van der Waals surface area contributed by atoms with Gasteiger partial charge in [-0.25, -0.2) is 27.7 Å². The zero-order valence-electron chi connectivity index (χ0n) is 34.2. The number of aliphatic carboxylic acids is 2. The minimum absolute atomic E-state index is 0.0168. The van der Waals surface area contributed by atoms with E-state index in [-0.39, 0.29) is 61.9 Å². The van der Waals surface area contributed by atoms with Crippen molar-refractivity contribution in [3.05, 3.63) is 77.8 Å². The van der Waals surface area contributed by atoms with E-state index in [9.17, 15) is 43.4 Å². The SMILES string of the molecule is C[C@H](O)C(=O)N(C[C@@H]1CNC[C@@H]1F)[C@@H](c1nc(-c2cc(F)ccc2F)cn1Cc1ccccc1)C(C)(C)CCOC(=O)N[C@@H](CN1C(=O)CC(SC[C@@H](N)C(=O)O)C1=O)C(=O)O. The van der Waals surface area contributed by atoms with Gasteiger partial charge in [-0.15, -0.1) is 11.8 Å². The number of hydrogen-bond acceptors (Lipinski definition) is 12. The van der Waals surface area contributed by atoms with Crippen LogP contribution in [0.3, 0.4) is 0 Å². The van der Waals surface area contributed by atoms with Gasteiger partial charge in [-0.3, -0.25) is 24.1 Å². The van der Waals surface area contributed by atoms with E-state index in [2.05, 4.69) is 10.6 Å². The highest BCUT2D eigenvalue weighted by Gasteiger charge is 2.45. The first kappa shape index (κ1) is 47.5. The van der Waals surface area contributed by atoms with Gasteiger partial charge in [0, 0.05) is 56.0 Å². The van der Waals surface area contributed by atoms with Gasteiger partial charge in [0.05, 0.1) is 30.1 Å². The van der Waals surface area contributed by atoms with Gasteiger partial charge < -0.3 is 45.9 Å². The number of carbonyl (C=O) groups excluding carboxylic acids is 4. The summed E-state index contributed by atoms with van der Waals surface area (Å²) in [5, 5.41) is 33.8. The topological polar surface area (TPSA) is 247 Å². The number of imide groups is 1. The number of amides is 4. The molecule has 2 saturated heterocycles. The van der Waals surface area contributed by atoms with E-state index in [0.29, 0.717) is 4.90 Å². The molecule has 17 nitrogen and oxygen atoms in total. The fraction of sp³-hybridized carbons (Fsp3) is 0.488. The molecule has 3 aromatic rings. The average molecular weight is 890 g/mol. The lowest BCUT2D eigenvalue weighted by molar-refractivity contribution is -0.147. The van der Waals surface area contributed by atoms with Gasteiger partial charge in [-0.05, 0) is 42.5 Å². The lowest BCUT2D eigenvalue weighted by atomic mass is 9.79. The van der Waals surface area contributed by atoms with Crippen LogP contribution in [0.2, 0.25) is 0 Å². The minimum Gasteiger partial charge on any atom is -0.480 e. The highest BCUT2D eigenvalue weighted by Crippen LogP contribution is 2.43. The van der Waals surface area contributed by atoms with Crippen LogP contribution in [0.1, 0.15) is 51.0 Å². The summed E-state index contributed by atoms with van der Waals surface area (Å²) in [5.41, 5.74) is 4.93. The molecular weight excluding hydrogens is 840 g/mol. The molecule has 2 fully saturated rings. The van der Waals surface area contributed by atoms with Crippen LogP contribution < -0.4 is 16.4 Å². The Hall–Kier alpha value is -5.51. The van der Waals surface area contributed by atoms with Gasteiger partial charge >= 0.3 is 18.0 Å². The van der Waals surface area contributed by atoms with Gasteiger partial charge in [0.15, 0.2) is 0 Å². The number of thioether (sulfide) groups is 1. The van der Waals surface area contributed by atoms with Gasteiger partial charge in [-0.1, -0.05) is 44.2 Å². The molecule has 62 heavy (non-hydrogen) atoms. The van der Waals surface area contributed by atoms with Gasteiger partial charge in [0.25, 0.3) is 5.91 Å².